The zero-order valence-corrected chi connectivity index (χ0v) is 23.7. The molecule has 0 heterocycles. The summed E-state index contributed by atoms with van der Waals surface area (Å²) in [7, 11) is 0.892. The van der Waals surface area contributed by atoms with Crippen molar-refractivity contribution in [2.24, 2.45) is 0 Å². The molecule has 2 rings (SSSR count). The molecule has 0 saturated carbocycles. The highest BCUT2D eigenvalue weighted by atomic mass is 79.9. The highest BCUT2D eigenvalue weighted by Gasteiger charge is 2.46. The Hall–Kier alpha value is -3.39. The summed E-state index contributed by atoms with van der Waals surface area (Å²) in [5, 5.41) is 12.2. The van der Waals surface area contributed by atoms with E-state index in [2.05, 4.69) is 26.0 Å². The van der Waals surface area contributed by atoms with Gasteiger partial charge in [-0.2, -0.15) is 13.2 Å². The number of methoxy groups -OCH3 is 1. The lowest BCUT2D eigenvalue weighted by atomic mass is 10.0. The van der Waals surface area contributed by atoms with E-state index < -0.39 is 72.6 Å². The standard InChI is InChI=1S/C26H29BrF4N2O7/c1-25(2,3)40-24(37)32-16(13-34)10-17-18(27)11-19(39-14-15-8-6-5-7-9-15)22(21(17)28)33(12-20(35)38-4)23(36)26(29,30)31/h5-9,11,16,34H,10,12-14H2,1-4H3,(H,32,37)/t16-/m0/s1. The molecule has 0 saturated heterocycles. The number of hydrogen-bond acceptors (Lipinski definition) is 7. The van der Waals surface area contributed by atoms with Crippen LogP contribution in [0.4, 0.5) is 28.0 Å². The number of anilines is 1. The Bertz CT molecular complexity index is 1200. The second-order valence-electron chi connectivity index (χ2n) is 9.47. The molecule has 1 atom stereocenters. The van der Waals surface area contributed by atoms with Crippen LogP contribution in [0.15, 0.2) is 40.9 Å². The van der Waals surface area contributed by atoms with E-state index in [4.69, 9.17) is 9.47 Å². The fraction of sp³-hybridized carbons (Fsp3) is 0.423. The van der Waals surface area contributed by atoms with Gasteiger partial charge in [-0.25, -0.2) is 9.18 Å². The summed E-state index contributed by atoms with van der Waals surface area (Å²) in [5.41, 5.74) is -1.59. The lowest BCUT2D eigenvalue weighted by Crippen LogP contribution is -2.45. The average Bonchev–Trinajstić information content (AvgIpc) is 2.86. The number of aliphatic hydroxyl groups excluding tert-OH is 1. The fourth-order valence-electron chi connectivity index (χ4n) is 3.39. The third-order valence-corrected chi connectivity index (χ3v) is 5.86. The van der Waals surface area contributed by atoms with Crippen LogP contribution in [0.1, 0.15) is 31.9 Å². The van der Waals surface area contributed by atoms with Crippen LogP contribution in [0.5, 0.6) is 5.75 Å². The van der Waals surface area contributed by atoms with Gasteiger partial charge in [0.05, 0.1) is 19.8 Å². The van der Waals surface area contributed by atoms with Crippen molar-refractivity contribution >= 4 is 39.6 Å². The number of carbonyl (C=O) groups excluding carboxylic acids is 3. The first-order valence-corrected chi connectivity index (χ1v) is 12.6. The Morgan fingerprint density at radius 3 is 2.27 bits per heavy atom. The molecular formula is C26H29BrF4N2O7. The van der Waals surface area contributed by atoms with Crippen molar-refractivity contribution in [1.29, 1.82) is 0 Å². The lowest BCUT2D eigenvalue weighted by Gasteiger charge is -2.28. The number of alkyl carbamates (subject to hydrolysis) is 1. The zero-order valence-electron chi connectivity index (χ0n) is 22.1. The van der Waals surface area contributed by atoms with Crippen LogP contribution in [-0.4, -0.2) is 61.2 Å². The summed E-state index contributed by atoms with van der Waals surface area (Å²) < 4.78 is 72.0. The van der Waals surface area contributed by atoms with Gasteiger partial charge in [-0.3, -0.25) is 14.5 Å². The van der Waals surface area contributed by atoms with Crippen molar-refractivity contribution in [3.8, 4) is 5.75 Å². The summed E-state index contributed by atoms with van der Waals surface area (Å²) in [6.45, 7) is 2.61. The van der Waals surface area contributed by atoms with Crippen LogP contribution in [0.25, 0.3) is 0 Å². The van der Waals surface area contributed by atoms with Gasteiger partial charge in [-0.15, -0.1) is 0 Å². The molecule has 9 nitrogen and oxygen atoms in total. The molecule has 0 aliphatic rings. The molecule has 2 N–H and O–H groups in total. The summed E-state index contributed by atoms with van der Waals surface area (Å²) in [5.74, 6) is -5.64. The molecule has 0 aliphatic heterocycles. The second kappa shape index (κ2) is 13.8. The molecular weight excluding hydrogens is 608 g/mol. The van der Waals surface area contributed by atoms with E-state index in [0.717, 1.165) is 13.2 Å². The maximum Gasteiger partial charge on any atom is 0.471 e. The van der Waals surface area contributed by atoms with Gasteiger partial charge < -0.3 is 24.6 Å². The van der Waals surface area contributed by atoms with Crippen LogP contribution in [0.2, 0.25) is 0 Å². The molecule has 220 valence electrons. The van der Waals surface area contributed by atoms with Crippen molar-refractivity contribution < 1.29 is 51.3 Å². The first kappa shape index (κ1) is 32.8. The van der Waals surface area contributed by atoms with E-state index in [1.54, 1.807) is 51.1 Å². The van der Waals surface area contributed by atoms with Gasteiger partial charge in [0.15, 0.2) is 5.82 Å². The number of amides is 2. The van der Waals surface area contributed by atoms with Crippen LogP contribution >= 0.6 is 15.9 Å². The molecule has 0 aliphatic carbocycles. The van der Waals surface area contributed by atoms with Gasteiger partial charge in [0.1, 0.15) is 30.2 Å². The molecule has 2 aromatic rings. The van der Waals surface area contributed by atoms with Crippen LogP contribution < -0.4 is 15.0 Å². The highest BCUT2D eigenvalue weighted by Crippen LogP contribution is 2.40. The zero-order chi connectivity index (χ0) is 30.3. The predicted octanol–water partition coefficient (Wildman–Crippen LogP) is 4.66. The molecule has 14 heteroatoms. The average molecular weight is 637 g/mol. The minimum atomic E-state index is -5.49. The van der Waals surface area contributed by atoms with Crippen molar-refractivity contribution in [2.45, 2.75) is 51.6 Å². The van der Waals surface area contributed by atoms with Crippen LogP contribution in [-0.2, 0) is 32.1 Å². The summed E-state index contributed by atoms with van der Waals surface area (Å²) in [6, 6.07) is 8.39. The van der Waals surface area contributed by atoms with Gasteiger partial charge >= 0.3 is 24.1 Å². The first-order chi connectivity index (χ1) is 18.6. The molecule has 0 radical (unpaired) electrons. The SMILES string of the molecule is COC(=O)CN(C(=O)C(F)(F)F)c1c(OCc2ccccc2)cc(Br)c(C[C@@H](CO)NC(=O)OC(C)(C)C)c1F. The Labute approximate surface area is 236 Å². The smallest absolute Gasteiger partial charge is 0.471 e. The van der Waals surface area contributed by atoms with Crippen molar-refractivity contribution in [3.63, 3.8) is 0 Å². The Morgan fingerprint density at radius 1 is 1.12 bits per heavy atom. The molecule has 0 spiro atoms. The normalized spacial score (nSPS) is 12.3. The summed E-state index contributed by atoms with van der Waals surface area (Å²) in [4.78, 5) is 36.5. The van der Waals surface area contributed by atoms with Crippen molar-refractivity contribution in [2.75, 3.05) is 25.2 Å². The van der Waals surface area contributed by atoms with Crippen molar-refractivity contribution in [3.05, 3.63) is 57.8 Å². The number of benzene rings is 2. The van der Waals surface area contributed by atoms with Gasteiger partial charge in [0.25, 0.3) is 0 Å². The van der Waals surface area contributed by atoms with E-state index in [0.29, 0.717) is 5.56 Å². The van der Waals surface area contributed by atoms with Gasteiger partial charge in [-0.05, 0) is 38.8 Å². The minimum Gasteiger partial charge on any atom is -0.487 e. The largest absolute Gasteiger partial charge is 0.487 e. The number of halogens is 5. The number of hydrogen-bond donors (Lipinski definition) is 2. The Balaban J connectivity index is 2.62. The third kappa shape index (κ3) is 9.37. The second-order valence-corrected chi connectivity index (χ2v) is 10.3. The van der Waals surface area contributed by atoms with E-state index in [9.17, 15) is 32.7 Å². The minimum absolute atomic E-state index is 0.00118. The summed E-state index contributed by atoms with van der Waals surface area (Å²) >= 11 is 3.16. The quantitative estimate of drug-likeness (QED) is 0.288. The van der Waals surface area contributed by atoms with Gasteiger partial charge in [-0.1, -0.05) is 46.3 Å². The molecule has 2 aromatic carbocycles. The molecule has 0 fully saturated rings. The lowest BCUT2D eigenvalue weighted by molar-refractivity contribution is -0.171. The van der Waals surface area contributed by atoms with E-state index in [1.165, 1.54) is 0 Å². The number of nitrogens with zero attached hydrogens (tertiary/aromatic N) is 1. The van der Waals surface area contributed by atoms with Crippen LogP contribution in [0.3, 0.4) is 0 Å². The van der Waals surface area contributed by atoms with Crippen LogP contribution in [0, 0.1) is 5.82 Å². The number of aliphatic hydroxyl groups is 1. The molecule has 0 aromatic heterocycles. The predicted molar refractivity (Wildman–Crippen MR) is 139 cm³/mol. The van der Waals surface area contributed by atoms with Gasteiger partial charge in [0.2, 0.25) is 0 Å². The number of carbonyl (C=O) groups is 3. The van der Waals surface area contributed by atoms with Crippen molar-refractivity contribution in [1.82, 2.24) is 5.32 Å². The monoisotopic (exact) mass is 636 g/mol. The molecule has 40 heavy (non-hydrogen) atoms. The molecule has 0 unspecified atom stereocenters. The number of alkyl halides is 3. The highest BCUT2D eigenvalue weighted by molar-refractivity contribution is 9.10. The number of nitrogens with one attached hydrogen (secondary N) is 1. The topological polar surface area (TPSA) is 114 Å². The number of rotatable bonds is 10. The third-order valence-electron chi connectivity index (χ3n) is 5.15. The Kier molecular flexibility index (Phi) is 11.3. The maximum atomic E-state index is 16.1. The fourth-order valence-corrected chi connectivity index (χ4v) is 3.94. The molecule has 0 bridgehead atoms. The summed E-state index contributed by atoms with van der Waals surface area (Å²) in [6.07, 6.45) is -6.86. The molecule has 2 amide bonds. The number of ether oxygens (including phenoxy) is 3. The Morgan fingerprint density at radius 2 is 1.75 bits per heavy atom. The van der Waals surface area contributed by atoms with E-state index >= 15 is 4.39 Å². The van der Waals surface area contributed by atoms with E-state index in [-0.39, 0.29) is 21.5 Å². The van der Waals surface area contributed by atoms with Gasteiger partial charge in [0, 0.05) is 10.0 Å². The van der Waals surface area contributed by atoms with E-state index in [1.807, 2.05) is 0 Å². The first-order valence-electron chi connectivity index (χ1n) is 11.8. The number of esters is 1. The maximum absolute atomic E-state index is 16.1.